The van der Waals surface area contributed by atoms with Gasteiger partial charge in [-0.1, -0.05) is 18.2 Å². The average Bonchev–Trinajstić information content (AvgIpc) is 2.18. The number of benzene rings is 1. The molecule has 70 valence electrons. The van der Waals surface area contributed by atoms with Gasteiger partial charge in [0.1, 0.15) is 11.5 Å². The fraction of sp³-hybridized carbons (Fsp3) is 0. The van der Waals surface area contributed by atoms with Crippen LogP contribution in [0.5, 0.6) is 0 Å². The molecule has 14 heavy (non-hydrogen) atoms. The van der Waals surface area contributed by atoms with Crippen molar-refractivity contribution in [1.82, 2.24) is 4.98 Å². The van der Waals surface area contributed by atoms with Gasteiger partial charge in [0.2, 0.25) is 0 Å². The van der Waals surface area contributed by atoms with E-state index in [1.165, 1.54) is 0 Å². The first-order chi connectivity index (χ1) is 6.68. The van der Waals surface area contributed by atoms with Crippen LogP contribution in [0.25, 0.3) is 10.9 Å². The molecule has 4 heteroatoms. The number of nitrogens with zero attached hydrogens (tertiary/aromatic N) is 1. The molecule has 0 bridgehead atoms. The highest BCUT2D eigenvalue weighted by Gasteiger charge is 2.02. The van der Waals surface area contributed by atoms with Gasteiger partial charge in [-0.2, -0.15) is 0 Å². The van der Waals surface area contributed by atoms with Crippen LogP contribution < -0.4 is 5.73 Å². The van der Waals surface area contributed by atoms with Gasteiger partial charge in [0.05, 0.1) is 5.52 Å². The van der Waals surface area contributed by atoms with Gasteiger partial charge in [0, 0.05) is 9.86 Å². The van der Waals surface area contributed by atoms with Crippen LogP contribution in [-0.4, -0.2) is 10.8 Å². The summed E-state index contributed by atoms with van der Waals surface area (Å²) in [6.07, 6.45) is 0. The van der Waals surface area contributed by atoms with Crippen molar-refractivity contribution in [1.29, 1.82) is 5.41 Å². The van der Waals surface area contributed by atoms with Crippen molar-refractivity contribution in [3.8, 4) is 0 Å². The van der Waals surface area contributed by atoms with Gasteiger partial charge in [-0.3, -0.25) is 5.41 Å². The van der Waals surface area contributed by atoms with E-state index in [1.807, 2.05) is 24.3 Å². The summed E-state index contributed by atoms with van der Waals surface area (Å²) in [7, 11) is 0. The lowest BCUT2D eigenvalue weighted by Crippen LogP contribution is -2.12. The van der Waals surface area contributed by atoms with Crippen LogP contribution in [0.15, 0.2) is 34.8 Å². The molecule has 0 amide bonds. The first-order valence-electron chi connectivity index (χ1n) is 4.08. The van der Waals surface area contributed by atoms with Crippen molar-refractivity contribution < 1.29 is 0 Å². The molecule has 0 aliphatic heterocycles. The van der Waals surface area contributed by atoms with Crippen LogP contribution in [0.2, 0.25) is 0 Å². The fourth-order valence-electron chi connectivity index (χ4n) is 1.26. The third kappa shape index (κ3) is 1.48. The van der Waals surface area contributed by atoms with Crippen LogP contribution in [0, 0.1) is 5.41 Å². The number of rotatable bonds is 1. The molecule has 0 unspecified atom stereocenters. The highest BCUT2D eigenvalue weighted by molar-refractivity contribution is 9.10. The third-order valence-electron chi connectivity index (χ3n) is 1.95. The molecule has 3 N–H and O–H groups in total. The van der Waals surface area contributed by atoms with Gasteiger partial charge in [-0.25, -0.2) is 4.98 Å². The number of para-hydroxylation sites is 1. The Morgan fingerprint density at radius 3 is 2.79 bits per heavy atom. The summed E-state index contributed by atoms with van der Waals surface area (Å²) in [4.78, 5) is 4.28. The van der Waals surface area contributed by atoms with E-state index in [4.69, 9.17) is 11.1 Å². The number of halogens is 1. The van der Waals surface area contributed by atoms with Crippen molar-refractivity contribution in [2.24, 2.45) is 5.73 Å². The standard InChI is InChI=1S/C10H8BrN3/c11-7-3-1-2-6-4-5-8(10(12)13)14-9(6)7/h1-5H,(H3,12,13). The van der Waals surface area contributed by atoms with Crippen molar-refractivity contribution in [2.45, 2.75) is 0 Å². The fourth-order valence-corrected chi connectivity index (χ4v) is 1.73. The Morgan fingerprint density at radius 2 is 2.07 bits per heavy atom. The number of amidine groups is 1. The first-order valence-corrected chi connectivity index (χ1v) is 4.87. The molecule has 0 aliphatic carbocycles. The zero-order valence-corrected chi connectivity index (χ0v) is 8.88. The minimum Gasteiger partial charge on any atom is -0.382 e. The smallest absolute Gasteiger partial charge is 0.141 e. The summed E-state index contributed by atoms with van der Waals surface area (Å²) in [5.41, 5.74) is 6.70. The minimum atomic E-state index is -0.0114. The Bertz CT molecular complexity index is 508. The van der Waals surface area contributed by atoms with Crippen LogP contribution in [0.1, 0.15) is 5.69 Å². The molecule has 3 nitrogen and oxygen atoms in total. The molecule has 0 spiro atoms. The number of nitrogen functional groups attached to an aromatic ring is 1. The SMILES string of the molecule is N=C(N)c1ccc2cccc(Br)c2n1. The summed E-state index contributed by atoms with van der Waals surface area (Å²) in [6.45, 7) is 0. The molecule has 2 rings (SSSR count). The maximum atomic E-state index is 7.28. The molecule has 0 fully saturated rings. The number of pyridine rings is 1. The quantitative estimate of drug-likeness (QED) is 0.602. The highest BCUT2D eigenvalue weighted by Crippen LogP contribution is 2.21. The second-order valence-corrected chi connectivity index (χ2v) is 3.78. The Labute approximate surface area is 89.6 Å². The molecule has 0 radical (unpaired) electrons. The summed E-state index contributed by atoms with van der Waals surface area (Å²) in [6, 6.07) is 9.48. The molecular formula is C10H8BrN3. The minimum absolute atomic E-state index is 0.0114. The lowest BCUT2D eigenvalue weighted by atomic mass is 10.2. The molecular weight excluding hydrogens is 242 g/mol. The Kier molecular flexibility index (Phi) is 2.21. The number of aromatic nitrogens is 1. The number of nitrogens with one attached hydrogen (secondary N) is 1. The van der Waals surface area contributed by atoms with Gasteiger partial charge < -0.3 is 5.73 Å². The van der Waals surface area contributed by atoms with Crippen molar-refractivity contribution in [3.05, 3.63) is 40.5 Å². The topological polar surface area (TPSA) is 62.8 Å². The van der Waals surface area contributed by atoms with Gasteiger partial charge in [0.25, 0.3) is 0 Å². The van der Waals surface area contributed by atoms with Crippen molar-refractivity contribution >= 4 is 32.7 Å². The van der Waals surface area contributed by atoms with E-state index < -0.39 is 0 Å². The highest BCUT2D eigenvalue weighted by atomic mass is 79.9. The maximum Gasteiger partial charge on any atom is 0.141 e. The zero-order valence-electron chi connectivity index (χ0n) is 7.29. The monoisotopic (exact) mass is 249 g/mol. The predicted molar refractivity (Wildman–Crippen MR) is 60.5 cm³/mol. The summed E-state index contributed by atoms with van der Waals surface area (Å²) in [5, 5.41) is 8.31. The van der Waals surface area contributed by atoms with Crippen LogP contribution >= 0.6 is 15.9 Å². The van der Waals surface area contributed by atoms with E-state index in [1.54, 1.807) is 6.07 Å². The summed E-state index contributed by atoms with van der Waals surface area (Å²) in [5.74, 6) is -0.0114. The van der Waals surface area contributed by atoms with Gasteiger partial charge in [-0.05, 0) is 28.1 Å². The predicted octanol–water partition coefficient (Wildman–Crippen LogP) is 2.28. The number of nitrogens with two attached hydrogens (primary N) is 1. The molecule has 0 saturated carbocycles. The lowest BCUT2D eigenvalue weighted by Gasteiger charge is -2.02. The van der Waals surface area contributed by atoms with E-state index >= 15 is 0 Å². The largest absolute Gasteiger partial charge is 0.382 e. The van der Waals surface area contributed by atoms with Crippen molar-refractivity contribution in [3.63, 3.8) is 0 Å². The first kappa shape index (κ1) is 9.15. The molecule has 0 aliphatic rings. The molecule has 0 saturated heterocycles. The number of hydrogen-bond donors (Lipinski definition) is 2. The molecule has 0 atom stereocenters. The molecule has 1 heterocycles. The van der Waals surface area contributed by atoms with E-state index in [-0.39, 0.29) is 5.84 Å². The van der Waals surface area contributed by atoms with Crippen LogP contribution in [-0.2, 0) is 0 Å². The van der Waals surface area contributed by atoms with Gasteiger partial charge >= 0.3 is 0 Å². The van der Waals surface area contributed by atoms with E-state index in [9.17, 15) is 0 Å². The Balaban J connectivity index is 2.76. The average molecular weight is 250 g/mol. The molecule has 1 aromatic heterocycles. The van der Waals surface area contributed by atoms with E-state index in [0.717, 1.165) is 15.4 Å². The second-order valence-electron chi connectivity index (χ2n) is 2.92. The molecule has 1 aromatic carbocycles. The van der Waals surface area contributed by atoms with Gasteiger partial charge in [-0.15, -0.1) is 0 Å². The summed E-state index contributed by atoms with van der Waals surface area (Å²) >= 11 is 3.41. The number of hydrogen-bond acceptors (Lipinski definition) is 2. The van der Waals surface area contributed by atoms with E-state index in [2.05, 4.69) is 20.9 Å². The Morgan fingerprint density at radius 1 is 1.29 bits per heavy atom. The normalized spacial score (nSPS) is 10.4. The van der Waals surface area contributed by atoms with Crippen LogP contribution in [0.4, 0.5) is 0 Å². The summed E-state index contributed by atoms with van der Waals surface area (Å²) < 4.78 is 0.915. The van der Waals surface area contributed by atoms with E-state index in [0.29, 0.717) is 5.69 Å². The zero-order chi connectivity index (χ0) is 10.1. The second kappa shape index (κ2) is 3.38. The lowest BCUT2D eigenvalue weighted by molar-refractivity contribution is 1.30. The van der Waals surface area contributed by atoms with Gasteiger partial charge in [0.15, 0.2) is 0 Å². The van der Waals surface area contributed by atoms with Crippen molar-refractivity contribution in [2.75, 3.05) is 0 Å². The Hall–Kier alpha value is -1.42. The third-order valence-corrected chi connectivity index (χ3v) is 2.59. The van der Waals surface area contributed by atoms with Crippen LogP contribution in [0.3, 0.4) is 0 Å². The maximum absolute atomic E-state index is 7.28. The number of fused-ring (bicyclic) bond motifs is 1. The molecule has 2 aromatic rings.